The van der Waals surface area contributed by atoms with E-state index in [1.54, 1.807) is 0 Å². The summed E-state index contributed by atoms with van der Waals surface area (Å²) in [4.78, 5) is 0. The van der Waals surface area contributed by atoms with Gasteiger partial charge in [0, 0.05) is 0 Å². The third-order valence-electron chi connectivity index (χ3n) is 9.72. The van der Waals surface area contributed by atoms with Crippen LogP contribution >= 0.6 is 0 Å². The molecule has 0 saturated heterocycles. The average Bonchev–Trinajstić information content (AvgIpc) is 3.60. The minimum atomic E-state index is 1.24. The molecule has 0 aromatic heterocycles. The maximum Gasteiger partial charge on any atom is -0.000697 e. The van der Waals surface area contributed by atoms with Gasteiger partial charge < -0.3 is 0 Å². The first kappa shape index (κ1) is 23.8. The summed E-state index contributed by atoms with van der Waals surface area (Å²) in [6, 6.07) is 58.3. The van der Waals surface area contributed by atoms with Crippen LogP contribution in [0.15, 0.2) is 158 Å². The largest absolute Gasteiger partial charge is 0.0622 e. The molecule has 0 saturated carbocycles. The molecule has 10 aromatic carbocycles. The summed E-state index contributed by atoms with van der Waals surface area (Å²) >= 11 is 0. The van der Waals surface area contributed by atoms with Crippen LogP contribution < -0.4 is 0 Å². The lowest BCUT2D eigenvalue weighted by Gasteiger charge is -2.14. The Bertz CT molecular complexity index is 2680. The third-order valence-corrected chi connectivity index (χ3v) is 9.72. The normalized spacial score (nSPS) is 12.1. The highest BCUT2D eigenvalue weighted by atomic mass is 14.3. The number of rotatable bonds is 3. The van der Waals surface area contributed by atoms with E-state index in [0.717, 1.165) is 0 Å². The maximum absolute atomic E-state index is 2.43. The predicted octanol–water partition coefficient (Wildman–Crippen LogP) is 12.5. The van der Waals surface area contributed by atoms with Crippen LogP contribution in [0.4, 0.5) is 0 Å². The van der Waals surface area contributed by atoms with Gasteiger partial charge in [0.1, 0.15) is 0 Å². The second-order valence-electron chi connectivity index (χ2n) is 12.0. The van der Waals surface area contributed by atoms with E-state index in [1.807, 2.05) is 0 Å². The van der Waals surface area contributed by atoms with Gasteiger partial charge >= 0.3 is 0 Å². The van der Waals surface area contributed by atoms with Crippen molar-refractivity contribution in [2.24, 2.45) is 0 Å². The summed E-state index contributed by atoms with van der Waals surface area (Å²) in [6.07, 6.45) is 0. The topological polar surface area (TPSA) is 0 Å². The molecular formula is C44H26. The Balaban J connectivity index is 1.44. The molecule has 0 bridgehead atoms. The van der Waals surface area contributed by atoms with Crippen molar-refractivity contribution < 1.29 is 0 Å². The lowest BCUT2D eigenvalue weighted by molar-refractivity contribution is 1.61. The fourth-order valence-electron chi connectivity index (χ4n) is 7.91. The first-order valence-electron chi connectivity index (χ1n) is 15.4. The zero-order valence-corrected chi connectivity index (χ0v) is 24.0. The van der Waals surface area contributed by atoms with Gasteiger partial charge in [0.2, 0.25) is 0 Å². The molecule has 0 spiro atoms. The number of benzene rings is 8. The van der Waals surface area contributed by atoms with Crippen molar-refractivity contribution in [3.05, 3.63) is 158 Å². The fraction of sp³-hybridized carbons (Fsp3) is 0. The second-order valence-corrected chi connectivity index (χ2v) is 12.0. The van der Waals surface area contributed by atoms with Crippen LogP contribution in [0, 0.1) is 0 Å². The zero-order chi connectivity index (χ0) is 28.8. The van der Waals surface area contributed by atoms with E-state index in [9.17, 15) is 0 Å². The Kier molecular flexibility index (Phi) is 4.81. The van der Waals surface area contributed by atoms with Gasteiger partial charge in [0.15, 0.2) is 0 Å². The van der Waals surface area contributed by atoms with Gasteiger partial charge in [-0.2, -0.15) is 0 Å². The summed E-state index contributed by atoms with van der Waals surface area (Å²) in [7, 11) is 0. The molecule has 0 amide bonds. The summed E-state index contributed by atoms with van der Waals surface area (Å²) in [5.74, 6) is 0. The zero-order valence-electron chi connectivity index (χ0n) is 24.0. The lowest BCUT2D eigenvalue weighted by Crippen LogP contribution is -1.86. The van der Waals surface area contributed by atoms with Crippen molar-refractivity contribution in [2.75, 3.05) is 0 Å². The van der Waals surface area contributed by atoms with Crippen LogP contribution in [0.5, 0.6) is 0 Å². The van der Waals surface area contributed by atoms with Crippen LogP contribution in [0.25, 0.3) is 98.0 Å². The highest BCUT2D eigenvalue weighted by Crippen LogP contribution is 2.53. The van der Waals surface area contributed by atoms with E-state index < -0.39 is 0 Å². The Morgan fingerprint density at radius 2 is 0.773 bits per heavy atom. The molecule has 0 nitrogen and oxygen atoms in total. The van der Waals surface area contributed by atoms with Crippen LogP contribution in [-0.4, -0.2) is 0 Å². The van der Waals surface area contributed by atoms with E-state index in [0.29, 0.717) is 0 Å². The van der Waals surface area contributed by atoms with Crippen molar-refractivity contribution in [1.82, 2.24) is 0 Å². The number of fused-ring (bicyclic) bond motifs is 7. The molecule has 0 aliphatic heterocycles. The lowest BCUT2D eigenvalue weighted by atomic mass is 9.89. The molecule has 0 heteroatoms. The highest BCUT2D eigenvalue weighted by Gasteiger charge is 2.24. The molecule has 10 rings (SSSR count). The number of hydrogen-bond acceptors (Lipinski definition) is 0. The Morgan fingerprint density at radius 3 is 1.52 bits per heavy atom. The summed E-state index contributed by atoms with van der Waals surface area (Å²) in [6.45, 7) is 0. The molecule has 0 fully saturated rings. The molecule has 10 aromatic rings. The predicted molar refractivity (Wildman–Crippen MR) is 190 cm³/mol. The standard InChI is InChI=1S/C44H26/c1-3-11-27(12-4-1)30-17-7-18-32(25-30)40-37-22-10-19-34-33-24-23-31(28-13-5-2-6-14-28)26-38(33)44(41(34)37)43-36-21-9-16-29-15-8-20-35(39(29)36)42(40)43/h1-26H. The maximum atomic E-state index is 2.43. The Morgan fingerprint density at radius 1 is 0.227 bits per heavy atom. The SMILES string of the molecule is c1ccc(-c2cccc(-c3c4cccc5c6ccc(-c7ccccc7)cc6c(c45)c4c5cccc6cccc(c34)c65)c2)cc1. The first-order chi connectivity index (χ1) is 21.8. The van der Waals surface area contributed by atoms with Gasteiger partial charge in [0.05, 0.1) is 0 Å². The third kappa shape index (κ3) is 3.17. The van der Waals surface area contributed by atoms with E-state index in [4.69, 9.17) is 0 Å². The van der Waals surface area contributed by atoms with Crippen molar-refractivity contribution >= 4 is 64.6 Å². The first-order valence-corrected chi connectivity index (χ1v) is 15.4. The van der Waals surface area contributed by atoms with Gasteiger partial charge in [0.25, 0.3) is 0 Å². The van der Waals surface area contributed by atoms with Crippen LogP contribution in [0.3, 0.4) is 0 Å². The van der Waals surface area contributed by atoms with Crippen LogP contribution in [0.1, 0.15) is 0 Å². The minimum absolute atomic E-state index is 1.24. The van der Waals surface area contributed by atoms with Gasteiger partial charge in [-0.05, 0) is 110 Å². The van der Waals surface area contributed by atoms with Gasteiger partial charge in [-0.3, -0.25) is 0 Å². The molecule has 0 aliphatic carbocycles. The fourth-order valence-corrected chi connectivity index (χ4v) is 7.91. The van der Waals surface area contributed by atoms with Crippen molar-refractivity contribution in [1.29, 1.82) is 0 Å². The van der Waals surface area contributed by atoms with Crippen molar-refractivity contribution in [2.45, 2.75) is 0 Å². The Hall–Kier alpha value is -5.72. The summed E-state index contributed by atoms with van der Waals surface area (Å²) < 4.78 is 0. The van der Waals surface area contributed by atoms with Gasteiger partial charge in [-0.1, -0.05) is 146 Å². The van der Waals surface area contributed by atoms with Gasteiger partial charge in [-0.25, -0.2) is 0 Å². The van der Waals surface area contributed by atoms with Crippen LogP contribution in [-0.2, 0) is 0 Å². The highest BCUT2D eigenvalue weighted by molar-refractivity contribution is 6.48. The molecule has 0 unspecified atom stereocenters. The second kappa shape index (κ2) is 8.89. The molecule has 0 radical (unpaired) electrons. The van der Waals surface area contributed by atoms with Gasteiger partial charge in [-0.15, -0.1) is 0 Å². The van der Waals surface area contributed by atoms with E-state index >= 15 is 0 Å². The smallest absolute Gasteiger partial charge is 0.000697 e. The summed E-state index contributed by atoms with van der Waals surface area (Å²) in [5.41, 5.74) is 7.58. The minimum Gasteiger partial charge on any atom is -0.0622 e. The number of hydrogen-bond donors (Lipinski definition) is 0. The van der Waals surface area contributed by atoms with Crippen molar-refractivity contribution in [3.8, 4) is 33.4 Å². The molecule has 0 atom stereocenters. The molecular weight excluding hydrogens is 528 g/mol. The quantitative estimate of drug-likeness (QED) is 0.204. The van der Waals surface area contributed by atoms with Crippen molar-refractivity contribution in [3.63, 3.8) is 0 Å². The molecule has 0 heterocycles. The molecule has 0 aliphatic rings. The molecule has 0 N–H and O–H groups in total. The van der Waals surface area contributed by atoms with Crippen LogP contribution in [0.2, 0.25) is 0 Å². The van der Waals surface area contributed by atoms with E-state index in [2.05, 4.69) is 158 Å². The monoisotopic (exact) mass is 554 g/mol. The molecule has 202 valence electrons. The molecule has 44 heavy (non-hydrogen) atoms. The Labute approximate surface area is 255 Å². The van der Waals surface area contributed by atoms with E-state index in [1.165, 1.54) is 98.0 Å². The summed E-state index contributed by atoms with van der Waals surface area (Å²) in [5, 5.41) is 16.2. The van der Waals surface area contributed by atoms with E-state index in [-0.39, 0.29) is 0 Å². The average molecular weight is 555 g/mol.